The minimum absolute atomic E-state index is 0.289. The standard InChI is InChI=1S/C32H38N4O4/c1-7-22(3)27(35-31(39)40-32(4,5)6)30(38)36(18-17-33)28(25-14-10-11-21(2)19-25)29(37)34-26-16-15-23-12-8-9-13-24(23)20-26/h8-16,19-20,22,27-28H,7,18H2,1-6H3,(H,34,37)(H,35,39). The van der Waals surface area contributed by atoms with Crippen LogP contribution in [0, 0.1) is 24.2 Å². The van der Waals surface area contributed by atoms with Gasteiger partial charge in [0.05, 0.1) is 6.07 Å². The van der Waals surface area contributed by atoms with Gasteiger partial charge in [-0.2, -0.15) is 5.26 Å². The highest BCUT2D eigenvalue weighted by molar-refractivity contribution is 6.00. The van der Waals surface area contributed by atoms with E-state index in [2.05, 4.69) is 10.6 Å². The molecule has 40 heavy (non-hydrogen) atoms. The lowest BCUT2D eigenvalue weighted by Gasteiger charge is -2.34. The predicted octanol–water partition coefficient (Wildman–Crippen LogP) is 6.12. The number of benzene rings is 3. The van der Waals surface area contributed by atoms with Gasteiger partial charge in [-0.15, -0.1) is 0 Å². The fourth-order valence-corrected chi connectivity index (χ4v) is 4.46. The second kappa shape index (κ2) is 13.1. The van der Waals surface area contributed by atoms with E-state index in [-0.39, 0.29) is 12.5 Å². The monoisotopic (exact) mass is 542 g/mol. The highest BCUT2D eigenvalue weighted by atomic mass is 16.6. The van der Waals surface area contributed by atoms with Crippen molar-refractivity contribution in [3.05, 3.63) is 77.9 Å². The van der Waals surface area contributed by atoms with Gasteiger partial charge < -0.3 is 20.3 Å². The van der Waals surface area contributed by atoms with Crippen molar-refractivity contribution in [3.8, 4) is 6.07 Å². The molecule has 0 aromatic heterocycles. The summed E-state index contributed by atoms with van der Waals surface area (Å²) in [7, 11) is 0. The van der Waals surface area contributed by atoms with Crippen LogP contribution < -0.4 is 10.6 Å². The number of aryl methyl sites for hydroxylation is 1. The van der Waals surface area contributed by atoms with E-state index in [0.717, 1.165) is 16.3 Å². The molecule has 0 spiro atoms. The zero-order valence-corrected chi connectivity index (χ0v) is 24.0. The molecule has 0 heterocycles. The summed E-state index contributed by atoms with van der Waals surface area (Å²) in [6.45, 7) is 10.5. The average Bonchev–Trinajstić information content (AvgIpc) is 2.89. The quantitative estimate of drug-likeness (QED) is 0.317. The Labute approximate surface area is 236 Å². The van der Waals surface area contributed by atoms with Gasteiger partial charge in [-0.3, -0.25) is 9.59 Å². The lowest BCUT2D eigenvalue weighted by Crippen LogP contribution is -2.54. The first-order valence-electron chi connectivity index (χ1n) is 13.5. The Morgan fingerprint density at radius 2 is 1.70 bits per heavy atom. The van der Waals surface area contributed by atoms with Crippen molar-refractivity contribution in [2.75, 3.05) is 11.9 Å². The fraction of sp³-hybridized carbons (Fsp3) is 0.375. The maximum absolute atomic E-state index is 14.1. The summed E-state index contributed by atoms with van der Waals surface area (Å²) in [5, 5.41) is 17.4. The van der Waals surface area contributed by atoms with E-state index in [1.54, 1.807) is 39.0 Å². The summed E-state index contributed by atoms with van der Waals surface area (Å²) in [5.74, 6) is -1.30. The van der Waals surface area contributed by atoms with Crippen molar-refractivity contribution in [2.24, 2.45) is 5.92 Å². The summed E-state index contributed by atoms with van der Waals surface area (Å²) < 4.78 is 5.41. The van der Waals surface area contributed by atoms with E-state index < -0.39 is 35.6 Å². The lowest BCUT2D eigenvalue weighted by atomic mass is 9.95. The van der Waals surface area contributed by atoms with Crippen LogP contribution >= 0.6 is 0 Å². The molecule has 0 saturated heterocycles. The van der Waals surface area contributed by atoms with Gasteiger partial charge in [0.1, 0.15) is 24.2 Å². The number of amides is 3. The number of anilines is 1. The highest BCUT2D eigenvalue weighted by Gasteiger charge is 2.38. The first kappa shape index (κ1) is 30.2. The molecular weight excluding hydrogens is 504 g/mol. The molecule has 210 valence electrons. The number of carbonyl (C=O) groups is 3. The fourth-order valence-electron chi connectivity index (χ4n) is 4.46. The van der Waals surface area contributed by atoms with Crippen LogP contribution in [-0.2, 0) is 14.3 Å². The molecule has 3 amide bonds. The van der Waals surface area contributed by atoms with Gasteiger partial charge in [0.25, 0.3) is 5.91 Å². The molecule has 3 unspecified atom stereocenters. The second-order valence-corrected chi connectivity index (χ2v) is 11.0. The number of ether oxygens (including phenoxy) is 1. The molecule has 3 atom stereocenters. The van der Waals surface area contributed by atoms with Gasteiger partial charge >= 0.3 is 6.09 Å². The van der Waals surface area contributed by atoms with Crippen molar-refractivity contribution < 1.29 is 19.1 Å². The van der Waals surface area contributed by atoms with E-state index >= 15 is 0 Å². The molecule has 0 aliphatic rings. The molecule has 3 aromatic carbocycles. The maximum atomic E-state index is 14.1. The Hall–Kier alpha value is -4.38. The number of nitrogens with zero attached hydrogens (tertiary/aromatic N) is 2. The topological polar surface area (TPSA) is 112 Å². The predicted molar refractivity (Wildman–Crippen MR) is 156 cm³/mol. The van der Waals surface area contributed by atoms with E-state index in [9.17, 15) is 19.6 Å². The zero-order chi connectivity index (χ0) is 29.4. The Morgan fingerprint density at radius 3 is 2.33 bits per heavy atom. The minimum atomic E-state index is -1.12. The summed E-state index contributed by atoms with van der Waals surface area (Å²) in [5.41, 5.74) is 1.26. The molecule has 8 nitrogen and oxygen atoms in total. The maximum Gasteiger partial charge on any atom is 0.408 e. The average molecular weight is 543 g/mol. The number of alkyl carbamates (subject to hydrolysis) is 1. The number of carbonyl (C=O) groups excluding carboxylic acids is 3. The largest absolute Gasteiger partial charge is 0.444 e. The zero-order valence-electron chi connectivity index (χ0n) is 24.0. The van der Waals surface area contributed by atoms with Crippen LogP contribution in [0.2, 0.25) is 0 Å². The summed E-state index contributed by atoms with van der Waals surface area (Å²) in [6, 6.07) is 20.6. The van der Waals surface area contributed by atoms with Crippen LogP contribution in [0.3, 0.4) is 0 Å². The first-order valence-corrected chi connectivity index (χ1v) is 13.5. The molecule has 3 rings (SSSR count). The van der Waals surface area contributed by atoms with E-state index in [1.807, 2.05) is 75.4 Å². The summed E-state index contributed by atoms with van der Waals surface area (Å²) in [4.78, 5) is 41.9. The van der Waals surface area contributed by atoms with Gasteiger partial charge in [0.2, 0.25) is 5.91 Å². The van der Waals surface area contributed by atoms with Gasteiger partial charge in [-0.1, -0.05) is 80.4 Å². The van der Waals surface area contributed by atoms with Crippen molar-refractivity contribution in [1.29, 1.82) is 5.26 Å². The SMILES string of the molecule is CCC(C)C(NC(=O)OC(C)(C)C)C(=O)N(CC#N)C(C(=O)Nc1ccc2ccccc2c1)c1cccc(C)c1. The molecule has 0 fully saturated rings. The van der Waals surface area contributed by atoms with Crippen molar-refractivity contribution in [1.82, 2.24) is 10.2 Å². The molecular formula is C32H38N4O4. The number of nitriles is 1. The Balaban J connectivity index is 2.02. The highest BCUT2D eigenvalue weighted by Crippen LogP contribution is 2.27. The summed E-state index contributed by atoms with van der Waals surface area (Å²) >= 11 is 0. The van der Waals surface area contributed by atoms with Crippen LogP contribution in [0.15, 0.2) is 66.7 Å². The smallest absolute Gasteiger partial charge is 0.408 e. The van der Waals surface area contributed by atoms with E-state index in [4.69, 9.17) is 4.74 Å². The van der Waals surface area contributed by atoms with Gasteiger partial charge in [0, 0.05) is 5.69 Å². The van der Waals surface area contributed by atoms with E-state index in [1.165, 1.54) is 4.90 Å². The normalized spacial score (nSPS) is 13.4. The Bertz CT molecular complexity index is 1410. The van der Waals surface area contributed by atoms with Crippen LogP contribution in [0.1, 0.15) is 58.2 Å². The molecule has 0 saturated carbocycles. The molecule has 0 aliphatic heterocycles. The molecule has 2 N–H and O–H groups in total. The summed E-state index contributed by atoms with van der Waals surface area (Å²) in [6.07, 6.45) is -0.166. The number of fused-ring (bicyclic) bond motifs is 1. The van der Waals surface area contributed by atoms with Gasteiger partial charge in [-0.05, 0) is 62.1 Å². The third-order valence-corrected chi connectivity index (χ3v) is 6.61. The van der Waals surface area contributed by atoms with E-state index in [0.29, 0.717) is 17.7 Å². The Morgan fingerprint density at radius 1 is 1.00 bits per heavy atom. The molecule has 0 radical (unpaired) electrons. The van der Waals surface area contributed by atoms with Crippen LogP contribution in [0.4, 0.5) is 10.5 Å². The van der Waals surface area contributed by atoms with Crippen molar-refractivity contribution >= 4 is 34.4 Å². The van der Waals surface area contributed by atoms with Gasteiger partial charge in [0.15, 0.2) is 0 Å². The minimum Gasteiger partial charge on any atom is -0.444 e. The third kappa shape index (κ3) is 7.82. The van der Waals surface area contributed by atoms with Crippen LogP contribution in [-0.4, -0.2) is 41.0 Å². The number of rotatable bonds is 9. The first-order chi connectivity index (χ1) is 18.9. The molecule has 0 bridgehead atoms. The number of nitrogens with one attached hydrogen (secondary N) is 2. The molecule has 0 aliphatic carbocycles. The van der Waals surface area contributed by atoms with Crippen molar-refractivity contribution in [3.63, 3.8) is 0 Å². The number of hydrogen-bond donors (Lipinski definition) is 2. The lowest BCUT2D eigenvalue weighted by molar-refractivity contribution is -0.141. The molecule has 3 aromatic rings. The van der Waals surface area contributed by atoms with Crippen molar-refractivity contribution in [2.45, 2.75) is 65.6 Å². The van der Waals surface area contributed by atoms with Gasteiger partial charge in [-0.25, -0.2) is 4.79 Å². The third-order valence-electron chi connectivity index (χ3n) is 6.61. The van der Waals surface area contributed by atoms with Crippen LogP contribution in [0.5, 0.6) is 0 Å². The second-order valence-electron chi connectivity index (χ2n) is 11.0. The number of hydrogen-bond acceptors (Lipinski definition) is 5. The Kier molecular flexibility index (Phi) is 9.89. The van der Waals surface area contributed by atoms with Crippen LogP contribution in [0.25, 0.3) is 10.8 Å². The molecule has 8 heteroatoms.